The van der Waals surface area contributed by atoms with Crippen molar-refractivity contribution in [2.45, 2.75) is 83.4 Å². The highest BCUT2D eigenvalue weighted by Gasteiger charge is 2.75. The molecule has 9 nitrogen and oxygen atoms in total. The lowest BCUT2D eigenvalue weighted by atomic mass is 9.46. The first-order valence-corrected chi connectivity index (χ1v) is 14.7. The Hall–Kier alpha value is -1.03. The van der Waals surface area contributed by atoms with Crippen LogP contribution in [0, 0.1) is 28.6 Å². The SMILES string of the molecule is CCCC1O[C@@H]2C[C@H]3[C@@H]4CCC5=CC(=O)C=C[C@]5(C)[C@H]4[C@@H](O)C[C@]3(C)[C@]2(C(=O)COP(O)OCCN)O1. The molecule has 1 aliphatic heterocycles. The molecule has 37 heavy (non-hydrogen) atoms. The number of rotatable bonds is 9. The van der Waals surface area contributed by atoms with Gasteiger partial charge in [0.05, 0.1) is 18.8 Å². The highest BCUT2D eigenvalue weighted by atomic mass is 31.2. The van der Waals surface area contributed by atoms with Gasteiger partial charge < -0.3 is 34.3 Å². The van der Waals surface area contributed by atoms with Crippen LogP contribution in [0.5, 0.6) is 0 Å². The summed E-state index contributed by atoms with van der Waals surface area (Å²) in [4.78, 5) is 36.1. The number of ketones is 2. The standard InChI is InChI=1S/C27H40NO8P/c1-4-5-23-35-22-13-19-18-7-6-16-12-17(29)8-9-25(16,2)24(18)20(30)14-26(19,3)27(22,36-23)21(31)15-34-37(32)33-11-10-28/h8-9,12,18-20,22-24,30,32H,4-7,10-11,13-15,28H2,1-3H3/t18-,19-,20-,22+,23?,24+,25-,26-,27+,37?/m0/s1. The Morgan fingerprint density at radius 2 is 2.11 bits per heavy atom. The van der Waals surface area contributed by atoms with E-state index in [4.69, 9.17) is 24.3 Å². The smallest absolute Gasteiger partial charge is 0.330 e. The Morgan fingerprint density at radius 3 is 2.84 bits per heavy atom. The topological polar surface area (TPSA) is 138 Å². The summed E-state index contributed by atoms with van der Waals surface area (Å²) in [7, 11) is -2.24. The van der Waals surface area contributed by atoms with Crippen LogP contribution in [0.25, 0.3) is 0 Å². The van der Waals surface area contributed by atoms with Gasteiger partial charge in [-0.1, -0.05) is 38.8 Å². The third kappa shape index (κ3) is 4.21. The van der Waals surface area contributed by atoms with E-state index in [2.05, 4.69) is 13.8 Å². The van der Waals surface area contributed by atoms with Gasteiger partial charge in [0.2, 0.25) is 0 Å². The van der Waals surface area contributed by atoms with E-state index in [9.17, 15) is 19.6 Å². The van der Waals surface area contributed by atoms with Gasteiger partial charge in [0.25, 0.3) is 0 Å². The average molecular weight is 538 g/mol. The van der Waals surface area contributed by atoms with Crippen molar-refractivity contribution in [3.63, 3.8) is 0 Å². The molecule has 5 rings (SSSR count). The molecule has 0 radical (unpaired) electrons. The molecule has 10 atom stereocenters. The first-order valence-electron chi connectivity index (χ1n) is 13.5. The van der Waals surface area contributed by atoms with Crippen molar-refractivity contribution >= 4 is 20.2 Å². The van der Waals surface area contributed by atoms with Gasteiger partial charge in [-0.15, -0.1) is 0 Å². The molecule has 1 saturated heterocycles. The van der Waals surface area contributed by atoms with Crippen LogP contribution in [0.15, 0.2) is 23.8 Å². The second-order valence-corrected chi connectivity index (χ2v) is 12.7. The van der Waals surface area contributed by atoms with Crippen molar-refractivity contribution in [3.8, 4) is 0 Å². The van der Waals surface area contributed by atoms with Crippen LogP contribution in [0.2, 0.25) is 0 Å². The maximum absolute atomic E-state index is 14.0. The van der Waals surface area contributed by atoms with Gasteiger partial charge in [-0.25, -0.2) is 0 Å². The Labute approximate surface area is 219 Å². The second-order valence-electron chi connectivity index (χ2n) is 11.7. The van der Waals surface area contributed by atoms with E-state index < -0.39 is 43.5 Å². The lowest BCUT2D eigenvalue weighted by Crippen LogP contribution is -2.63. The Kier molecular flexibility index (Phi) is 7.57. The number of carbonyl (C=O) groups is 2. The number of carbonyl (C=O) groups excluding carboxylic acids is 2. The van der Waals surface area contributed by atoms with Crippen molar-refractivity contribution in [1.29, 1.82) is 0 Å². The second kappa shape index (κ2) is 10.2. The van der Waals surface area contributed by atoms with Crippen molar-refractivity contribution in [2.24, 2.45) is 34.3 Å². The van der Waals surface area contributed by atoms with Crippen LogP contribution in [-0.4, -0.2) is 65.4 Å². The summed E-state index contributed by atoms with van der Waals surface area (Å²) in [5.74, 6) is -0.103. The Morgan fingerprint density at radius 1 is 1.32 bits per heavy atom. The summed E-state index contributed by atoms with van der Waals surface area (Å²) < 4.78 is 23.5. The summed E-state index contributed by atoms with van der Waals surface area (Å²) in [6.07, 6.45) is 7.89. The first-order chi connectivity index (χ1) is 17.6. The number of fused-ring (bicyclic) bond motifs is 7. The molecule has 1 heterocycles. The number of allylic oxidation sites excluding steroid dienone is 4. The molecule has 4 N–H and O–H groups in total. The number of hydrogen-bond donors (Lipinski definition) is 3. The van der Waals surface area contributed by atoms with E-state index in [-0.39, 0.29) is 49.1 Å². The number of aliphatic hydroxyl groups is 1. The minimum Gasteiger partial charge on any atom is -0.393 e. The van der Waals surface area contributed by atoms with Crippen LogP contribution in [-0.2, 0) is 28.1 Å². The van der Waals surface area contributed by atoms with Crippen molar-refractivity contribution in [2.75, 3.05) is 19.8 Å². The Balaban J connectivity index is 1.46. The average Bonchev–Trinajstić information content (AvgIpc) is 3.33. The monoisotopic (exact) mass is 537 g/mol. The van der Waals surface area contributed by atoms with Gasteiger partial charge in [-0.05, 0) is 56.1 Å². The molecule has 4 fully saturated rings. The van der Waals surface area contributed by atoms with Crippen LogP contribution >= 0.6 is 8.60 Å². The van der Waals surface area contributed by atoms with Crippen LogP contribution in [0.4, 0.5) is 0 Å². The van der Waals surface area contributed by atoms with E-state index >= 15 is 0 Å². The predicted molar refractivity (Wildman–Crippen MR) is 136 cm³/mol. The van der Waals surface area contributed by atoms with E-state index in [0.29, 0.717) is 19.3 Å². The fourth-order valence-corrected chi connectivity index (χ4v) is 8.96. The number of hydrogen-bond acceptors (Lipinski definition) is 9. The van der Waals surface area contributed by atoms with E-state index in [1.807, 2.05) is 13.0 Å². The molecule has 10 heteroatoms. The van der Waals surface area contributed by atoms with Crippen LogP contribution in [0.1, 0.15) is 59.3 Å². The highest BCUT2D eigenvalue weighted by Crippen LogP contribution is 2.69. The molecule has 0 amide bonds. The molecular weight excluding hydrogens is 497 g/mol. The van der Waals surface area contributed by atoms with Crippen LogP contribution in [0.3, 0.4) is 0 Å². The third-order valence-electron chi connectivity index (χ3n) is 9.85. The van der Waals surface area contributed by atoms with Gasteiger partial charge in [-0.3, -0.25) is 9.59 Å². The molecule has 3 saturated carbocycles. The number of nitrogens with two attached hydrogens (primary N) is 1. The predicted octanol–water partition coefficient (Wildman–Crippen LogP) is 2.94. The Bertz CT molecular complexity index is 987. The molecule has 0 aromatic heterocycles. The van der Waals surface area contributed by atoms with Gasteiger partial charge in [-0.2, -0.15) is 0 Å². The highest BCUT2D eigenvalue weighted by molar-refractivity contribution is 7.40. The van der Waals surface area contributed by atoms with Crippen molar-refractivity contribution in [1.82, 2.24) is 0 Å². The molecule has 0 aromatic rings. The molecular formula is C27H40NO8P. The van der Waals surface area contributed by atoms with Gasteiger partial charge in [0.15, 0.2) is 23.5 Å². The molecule has 206 valence electrons. The summed E-state index contributed by atoms with van der Waals surface area (Å²) in [5, 5.41) is 11.7. The molecule has 0 bridgehead atoms. The molecule has 5 aliphatic rings. The molecule has 4 aliphatic carbocycles. The first kappa shape index (κ1) is 27.5. The number of Topliss-reactive ketones (excluding diaryl/α,β-unsaturated/α-hetero) is 1. The third-order valence-corrected chi connectivity index (χ3v) is 10.6. The maximum atomic E-state index is 14.0. The minimum absolute atomic E-state index is 0.00376. The maximum Gasteiger partial charge on any atom is 0.330 e. The van der Waals surface area contributed by atoms with E-state index in [1.54, 1.807) is 12.2 Å². The minimum atomic E-state index is -2.24. The largest absolute Gasteiger partial charge is 0.393 e. The van der Waals surface area contributed by atoms with Crippen molar-refractivity contribution < 1.29 is 38.1 Å². The lowest BCUT2D eigenvalue weighted by Gasteiger charge is -2.59. The van der Waals surface area contributed by atoms with Gasteiger partial charge >= 0.3 is 8.60 Å². The van der Waals surface area contributed by atoms with Gasteiger partial charge in [0.1, 0.15) is 6.61 Å². The van der Waals surface area contributed by atoms with E-state index in [0.717, 1.165) is 24.8 Å². The number of aliphatic hydroxyl groups excluding tert-OH is 1. The summed E-state index contributed by atoms with van der Waals surface area (Å²) in [6, 6.07) is 0. The molecule has 0 spiro atoms. The lowest BCUT2D eigenvalue weighted by molar-refractivity contribution is -0.200. The fourth-order valence-electron chi connectivity index (χ4n) is 8.39. The quantitative estimate of drug-likeness (QED) is 0.379. The summed E-state index contributed by atoms with van der Waals surface area (Å²) >= 11 is 0. The zero-order valence-electron chi connectivity index (χ0n) is 21.9. The zero-order chi connectivity index (χ0) is 26.6. The molecule has 2 unspecified atom stereocenters. The zero-order valence-corrected chi connectivity index (χ0v) is 22.8. The van der Waals surface area contributed by atoms with Crippen molar-refractivity contribution in [3.05, 3.63) is 23.8 Å². The van der Waals surface area contributed by atoms with Crippen LogP contribution < -0.4 is 5.73 Å². The summed E-state index contributed by atoms with van der Waals surface area (Å²) in [5.41, 5.74) is 4.17. The number of ether oxygens (including phenoxy) is 2. The van der Waals surface area contributed by atoms with E-state index in [1.165, 1.54) is 0 Å². The summed E-state index contributed by atoms with van der Waals surface area (Å²) in [6.45, 7) is 6.23. The normalized spacial score (nSPS) is 45.0. The van der Waals surface area contributed by atoms with Gasteiger partial charge in [0, 0.05) is 23.3 Å². The fraction of sp³-hybridized carbons (Fsp3) is 0.778. The molecule has 0 aromatic carbocycles.